The minimum absolute atomic E-state index is 0.827. The third kappa shape index (κ3) is 3.21. The summed E-state index contributed by atoms with van der Waals surface area (Å²) < 4.78 is 4.04. The molecule has 6 nitrogen and oxygen atoms in total. The first kappa shape index (κ1) is 13.6. The Kier molecular flexibility index (Phi) is 4.14. The first-order valence-electron chi connectivity index (χ1n) is 7.39. The molecule has 0 spiro atoms. The van der Waals surface area contributed by atoms with Gasteiger partial charge < -0.3 is 9.55 Å². The van der Waals surface area contributed by atoms with E-state index in [1.165, 1.54) is 6.42 Å². The van der Waals surface area contributed by atoms with E-state index in [2.05, 4.69) is 31.5 Å². The van der Waals surface area contributed by atoms with E-state index in [4.69, 9.17) is 0 Å². The van der Waals surface area contributed by atoms with Crippen LogP contribution in [0.15, 0.2) is 37.1 Å². The van der Waals surface area contributed by atoms with E-state index in [0.717, 1.165) is 43.3 Å². The van der Waals surface area contributed by atoms with Crippen molar-refractivity contribution in [1.82, 2.24) is 29.3 Å². The quantitative estimate of drug-likeness (QED) is 0.725. The SMILES string of the molecule is CCCCc1ncc(-c2nccn2CCn2cccn2)[nH]1. The maximum atomic E-state index is 4.44. The molecule has 3 heterocycles. The minimum Gasteiger partial charge on any atom is -0.339 e. The Bertz CT molecular complexity index is 664. The smallest absolute Gasteiger partial charge is 0.158 e. The van der Waals surface area contributed by atoms with Crippen molar-refractivity contribution in [3.05, 3.63) is 42.9 Å². The molecule has 3 aromatic rings. The van der Waals surface area contributed by atoms with Crippen LogP contribution in [0.2, 0.25) is 0 Å². The summed E-state index contributed by atoms with van der Waals surface area (Å²) in [7, 11) is 0. The zero-order chi connectivity index (χ0) is 14.5. The summed E-state index contributed by atoms with van der Waals surface area (Å²) in [5, 5.41) is 4.22. The highest BCUT2D eigenvalue weighted by Crippen LogP contribution is 2.16. The van der Waals surface area contributed by atoms with Gasteiger partial charge in [0.1, 0.15) is 11.5 Å². The predicted molar refractivity (Wildman–Crippen MR) is 80.6 cm³/mol. The number of imidazole rings is 2. The monoisotopic (exact) mass is 284 g/mol. The number of hydrogen-bond donors (Lipinski definition) is 1. The molecule has 0 unspecified atom stereocenters. The van der Waals surface area contributed by atoms with E-state index in [-0.39, 0.29) is 0 Å². The Morgan fingerprint density at radius 1 is 1.14 bits per heavy atom. The van der Waals surface area contributed by atoms with Gasteiger partial charge in [0.25, 0.3) is 0 Å². The molecular formula is C15H20N6. The second-order valence-corrected chi connectivity index (χ2v) is 5.06. The van der Waals surface area contributed by atoms with Gasteiger partial charge in [-0.1, -0.05) is 13.3 Å². The Balaban J connectivity index is 1.70. The Labute approximate surface area is 123 Å². The standard InChI is InChI=1S/C15H20N6/c1-2-3-5-14-17-12-13(19-14)15-16-7-9-20(15)10-11-21-8-4-6-18-21/h4,6-9,12H,2-3,5,10-11H2,1H3,(H,17,19). The summed E-state index contributed by atoms with van der Waals surface area (Å²) in [4.78, 5) is 12.2. The highest BCUT2D eigenvalue weighted by atomic mass is 15.3. The van der Waals surface area contributed by atoms with Crippen LogP contribution >= 0.6 is 0 Å². The van der Waals surface area contributed by atoms with E-state index >= 15 is 0 Å². The van der Waals surface area contributed by atoms with Gasteiger partial charge in [-0.3, -0.25) is 4.68 Å². The molecule has 0 saturated heterocycles. The Morgan fingerprint density at radius 3 is 2.90 bits per heavy atom. The van der Waals surface area contributed by atoms with E-state index < -0.39 is 0 Å². The van der Waals surface area contributed by atoms with Gasteiger partial charge in [-0.2, -0.15) is 5.10 Å². The van der Waals surface area contributed by atoms with Crippen LogP contribution in [0.4, 0.5) is 0 Å². The lowest BCUT2D eigenvalue weighted by molar-refractivity contribution is 0.536. The molecule has 3 aromatic heterocycles. The summed E-state index contributed by atoms with van der Waals surface area (Å²) in [6, 6.07) is 1.93. The van der Waals surface area contributed by atoms with Gasteiger partial charge in [0.15, 0.2) is 5.82 Å². The molecule has 0 aliphatic carbocycles. The molecule has 0 atom stereocenters. The lowest BCUT2D eigenvalue weighted by Gasteiger charge is -2.06. The normalized spacial score (nSPS) is 11.1. The average molecular weight is 284 g/mol. The van der Waals surface area contributed by atoms with Gasteiger partial charge in [-0.05, 0) is 12.5 Å². The molecule has 0 saturated carbocycles. The van der Waals surface area contributed by atoms with Crippen LogP contribution < -0.4 is 0 Å². The van der Waals surface area contributed by atoms with Crippen molar-refractivity contribution in [1.29, 1.82) is 0 Å². The number of nitrogens with one attached hydrogen (secondary N) is 1. The maximum absolute atomic E-state index is 4.44. The third-order valence-electron chi connectivity index (χ3n) is 3.48. The number of unbranched alkanes of at least 4 members (excludes halogenated alkanes) is 1. The van der Waals surface area contributed by atoms with Crippen molar-refractivity contribution in [2.45, 2.75) is 39.3 Å². The first-order chi connectivity index (χ1) is 10.4. The molecule has 110 valence electrons. The van der Waals surface area contributed by atoms with Gasteiger partial charge >= 0.3 is 0 Å². The fourth-order valence-electron chi connectivity index (χ4n) is 2.32. The lowest BCUT2D eigenvalue weighted by Crippen LogP contribution is -2.08. The summed E-state index contributed by atoms with van der Waals surface area (Å²) in [5.41, 5.74) is 0.978. The van der Waals surface area contributed by atoms with Crippen LogP contribution in [0.25, 0.3) is 11.5 Å². The summed E-state index contributed by atoms with van der Waals surface area (Å²) in [6.07, 6.45) is 12.8. The summed E-state index contributed by atoms with van der Waals surface area (Å²) in [5.74, 6) is 1.96. The second kappa shape index (κ2) is 6.39. The molecule has 21 heavy (non-hydrogen) atoms. The van der Waals surface area contributed by atoms with Crippen molar-refractivity contribution in [3.8, 4) is 11.5 Å². The van der Waals surface area contributed by atoms with Crippen molar-refractivity contribution in [2.24, 2.45) is 0 Å². The van der Waals surface area contributed by atoms with Crippen LogP contribution in [0.5, 0.6) is 0 Å². The average Bonchev–Trinajstić information content (AvgIpc) is 3.22. The third-order valence-corrected chi connectivity index (χ3v) is 3.48. The molecule has 0 fully saturated rings. The zero-order valence-corrected chi connectivity index (χ0v) is 12.2. The molecule has 0 aliphatic heterocycles. The summed E-state index contributed by atoms with van der Waals surface area (Å²) >= 11 is 0. The molecule has 6 heteroatoms. The van der Waals surface area contributed by atoms with Crippen molar-refractivity contribution in [2.75, 3.05) is 0 Å². The number of aromatic amines is 1. The molecular weight excluding hydrogens is 264 g/mol. The van der Waals surface area contributed by atoms with Gasteiger partial charge in [0.05, 0.1) is 12.7 Å². The van der Waals surface area contributed by atoms with Gasteiger partial charge in [-0.25, -0.2) is 9.97 Å². The summed E-state index contributed by atoms with van der Waals surface area (Å²) in [6.45, 7) is 3.85. The van der Waals surface area contributed by atoms with E-state index in [1.807, 2.05) is 35.5 Å². The fraction of sp³-hybridized carbons (Fsp3) is 0.400. The zero-order valence-electron chi connectivity index (χ0n) is 12.2. The number of hydrogen-bond acceptors (Lipinski definition) is 3. The Morgan fingerprint density at radius 2 is 2.10 bits per heavy atom. The van der Waals surface area contributed by atoms with Crippen LogP contribution in [0.1, 0.15) is 25.6 Å². The van der Waals surface area contributed by atoms with Crippen LogP contribution in [0, 0.1) is 0 Å². The van der Waals surface area contributed by atoms with Gasteiger partial charge in [0, 0.05) is 37.8 Å². The lowest BCUT2D eigenvalue weighted by atomic mass is 10.2. The van der Waals surface area contributed by atoms with Gasteiger partial charge in [-0.15, -0.1) is 0 Å². The van der Waals surface area contributed by atoms with Crippen LogP contribution in [0.3, 0.4) is 0 Å². The number of nitrogens with zero attached hydrogens (tertiary/aromatic N) is 5. The predicted octanol–water partition coefficient (Wildman–Crippen LogP) is 2.51. The molecule has 1 N–H and O–H groups in total. The second-order valence-electron chi connectivity index (χ2n) is 5.06. The highest BCUT2D eigenvalue weighted by molar-refractivity contribution is 5.48. The maximum Gasteiger partial charge on any atom is 0.158 e. The molecule has 0 aromatic carbocycles. The molecule has 3 rings (SSSR count). The van der Waals surface area contributed by atoms with Crippen molar-refractivity contribution in [3.63, 3.8) is 0 Å². The topological polar surface area (TPSA) is 64.3 Å². The molecule has 0 aliphatic rings. The number of aromatic nitrogens is 6. The number of rotatable bonds is 7. The molecule has 0 radical (unpaired) electrons. The van der Waals surface area contributed by atoms with E-state index in [0.29, 0.717) is 0 Å². The van der Waals surface area contributed by atoms with Crippen LogP contribution in [-0.4, -0.2) is 29.3 Å². The van der Waals surface area contributed by atoms with Gasteiger partial charge in [0.2, 0.25) is 0 Å². The Hall–Kier alpha value is -2.37. The van der Waals surface area contributed by atoms with Crippen molar-refractivity contribution < 1.29 is 0 Å². The van der Waals surface area contributed by atoms with Crippen LogP contribution in [-0.2, 0) is 19.5 Å². The molecule has 0 bridgehead atoms. The minimum atomic E-state index is 0.827. The van der Waals surface area contributed by atoms with E-state index in [1.54, 1.807) is 6.20 Å². The van der Waals surface area contributed by atoms with E-state index in [9.17, 15) is 0 Å². The van der Waals surface area contributed by atoms with Crippen molar-refractivity contribution >= 4 is 0 Å². The fourth-order valence-corrected chi connectivity index (χ4v) is 2.32. The largest absolute Gasteiger partial charge is 0.339 e. The first-order valence-corrected chi connectivity index (χ1v) is 7.39. The number of H-pyrrole nitrogens is 1. The molecule has 0 amide bonds. The number of aryl methyl sites for hydroxylation is 3. The highest BCUT2D eigenvalue weighted by Gasteiger charge is 2.09.